The van der Waals surface area contributed by atoms with Gasteiger partial charge in [0, 0.05) is 30.1 Å². The summed E-state index contributed by atoms with van der Waals surface area (Å²) in [5.74, 6) is -1.58. The maximum atomic E-state index is 13.2. The topological polar surface area (TPSA) is 84.2 Å². The molecule has 1 atom stereocenters. The summed E-state index contributed by atoms with van der Waals surface area (Å²) < 4.78 is 80.2. The number of alkyl halides is 6. The number of rotatable bonds is 9. The van der Waals surface area contributed by atoms with Crippen molar-refractivity contribution < 1.29 is 41.0 Å². The van der Waals surface area contributed by atoms with Crippen LogP contribution in [0.5, 0.6) is 0 Å². The summed E-state index contributed by atoms with van der Waals surface area (Å²) in [5.41, 5.74) is 2.06. The number of carbonyl (C=O) groups is 2. The Bertz CT molecular complexity index is 1560. The predicted molar refractivity (Wildman–Crippen MR) is 139 cm³/mol. The summed E-state index contributed by atoms with van der Waals surface area (Å²) in [6, 6.07) is 13.6. The lowest BCUT2D eigenvalue weighted by Gasteiger charge is -2.19. The third-order valence-electron chi connectivity index (χ3n) is 6.59. The lowest BCUT2D eigenvalue weighted by molar-refractivity contribution is -0.138. The summed E-state index contributed by atoms with van der Waals surface area (Å²) >= 11 is 0. The Kier molecular flexibility index (Phi) is 8.41. The van der Waals surface area contributed by atoms with Gasteiger partial charge in [0.1, 0.15) is 0 Å². The molecule has 4 aromatic rings. The molecule has 2 N–H and O–H groups in total. The van der Waals surface area contributed by atoms with Crippen LogP contribution in [0, 0.1) is 6.92 Å². The van der Waals surface area contributed by atoms with Crippen molar-refractivity contribution in [3.05, 3.63) is 89.1 Å². The first kappa shape index (κ1) is 29.6. The molecule has 1 unspecified atom stereocenters. The van der Waals surface area contributed by atoms with Crippen molar-refractivity contribution in [3.63, 3.8) is 0 Å². The molecule has 6 nitrogen and oxygen atoms in total. The first-order valence-corrected chi connectivity index (χ1v) is 12.5. The van der Waals surface area contributed by atoms with Crippen LogP contribution < -0.4 is 5.32 Å². The van der Waals surface area contributed by atoms with Crippen LogP contribution in [-0.2, 0) is 11.0 Å². The number of hydrogen-bond acceptors (Lipinski definition) is 3. The number of aliphatic carboxylic acids is 1. The van der Waals surface area contributed by atoms with Crippen molar-refractivity contribution in [2.75, 3.05) is 6.54 Å². The van der Waals surface area contributed by atoms with Crippen molar-refractivity contribution in [3.8, 4) is 11.1 Å². The molecule has 1 amide bonds. The molecule has 1 heterocycles. The average molecular weight is 578 g/mol. The molecule has 0 saturated carbocycles. The first-order chi connectivity index (χ1) is 19.2. The number of nitrogens with one attached hydrogen (secondary N) is 1. The van der Waals surface area contributed by atoms with Gasteiger partial charge < -0.3 is 10.4 Å². The SMILES string of the molecule is Cc1cc(C(F)(F)F)ccc1-c1ccc2nn(C(CCC(F)(F)F)c3ccc(C(=O)NCCC(=O)O)cc3)cc2c1. The molecular weight excluding hydrogens is 552 g/mol. The van der Waals surface area contributed by atoms with Gasteiger partial charge in [0.15, 0.2) is 0 Å². The number of carbonyl (C=O) groups excluding carboxylic acids is 1. The zero-order chi connectivity index (χ0) is 29.9. The molecule has 216 valence electrons. The molecule has 0 spiro atoms. The number of nitrogens with zero attached hydrogens (tertiary/aromatic N) is 2. The largest absolute Gasteiger partial charge is 0.481 e. The van der Waals surface area contributed by atoms with E-state index in [9.17, 15) is 35.9 Å². The van der Waals surface area contributed by atoms with E-state index in [0.717, 1.165) is 12.1 Å². The normalized spacial score (nSPS) is 12.9. The molecule has 0 fully saturated rings. The number of halogens is 6. The highest BCUT2D eigenvalue weighted by atomic mass is 19.4. The lowest BCUT2D eigenvalue weighted by atomic mass is 9.97. The van der Waals surface area contributed by atoms with E-state index in [1.165, 1.54) is 35.0 Å². The van der Waals surface area contributed by atoms with Gasteiger partial charge in [0.05, 0.1) is 23.5 Å². The molecule has 0 bridgehead atoms. The summed E-state index contributed by atoms with van der Waals surface area (Å²) in [6.45, 7) is 1.50. The maximum absolute atomic E-state index is 13.2. The van der Waals surface area contributed by atoms with Gasteiger partial charge in [-0.05, 0) is 72.0 Å². The fourth-order valence-corrected chi connectivity index (χ4v) is 4.53. The zero-order valence-corrected chi connectivity index (χ0v) is 21.7. The molecule has 1 aromatic heterocycles. The molecule has 41 heavy (non-hydrogen) atoms. The quantitative estimate of drug-likeness (QED) is 0.207. The second-order valence-electron chi connectivity index (χ2n) is 9.60. The van der Waals surface area contributed by atoms with Gasteiger partial charge in [0.2, 0.25) is 0 Å². The second-order valence-corrected chi connectivity index (χ2v) is 9.60. The highest BCUT2D eigenvalue weighted by molar-refractivity contribution is 5.94. The van der Waals surface area contributed by atoms with E-state index in [1.54, 1.807) is 31.3 Å². The number of carboxylic acid groups (broad SMARTS) is 1. The van der Waals surface area contributed by atoms with Crippen LogP contribution in [0.3, 0.4) is 0 Å². The van der Waals surface area contributed by atoms with Crippen molar-refractivity contribution in [1.29, 1.82) is 0 Å². The monoisotopic (exact) mass is 577 g/mol. The van der Waals surface area contributed by atoms with Crippen molar-refractivity contribution >= 4 is 22.8 Å². The molecular formula is C29H25F6N3O3. The Morgan fingerprint density at radius 3 is 2.29 bits per heavy atom. The molecule has 12 heteroatoms. The molecule has 4 rings (SSSR count). The van der Waals surface area contributed by atoms with Gasteiger partial charge in [-0.25, -0.2) is 0 Å². The van der Waals surface area contributed by atoms with E-state index in [4.69, 9.17) is 5.11 Å². The summed E-state index contributed by atoms with van der Waals surface area (Å²) in [5, 5.41) is 16.2. The highest BCUT2D eigenvalue weighted by Gasteiger charge is 2.31. The van der Waals surface area contributed by atoms with Gasteiger partial charge in [-0.1, -0.05) is 24.3 Å². The minimum atomic E-state index is -4.47. The standard InChI is InChI=1S/C29H25F6N3O3/c1-17-14-22(29(33,34)35)7-8-23(17)20-6-9-24-21(15-20)16-38(37-24)25(10-12-28(30,31)32)18-2-4-19(5-3-18)27(41)36-13-11-26(39)40/h2-9,14-16,25H,10-13H2,1H3,(H,36,41)(H,39,40). The number of amides is 1. The fraction of sp³-hybridized carbons (Fsp3) is 0.276. The summed E-state index contributed by atoms with van der Waals surface area (Å²) in [4.78, 5) is 22.9. The number of hydrogen-bond donors (Lipinski definition) is 2. The number of aromatic nitrogens is 2. The number of aryl methyl sites for hydroxylation is 1. The van der Waals surface area contributed by atoms with E-state index in [0.29, 0.717) is 33.2 Å². The minimum absolute atomic E-state index is 0.0714. The Hall–Kier alpha value is -4.35. The number of fused-ring (bicyclic) bond motifs is 1. The van der Waals surface area contributed by atoms with E-state index in [-0.39, 0.29) is 24.9 Å². The smallest absolute Gasteiger partial charge is 0.416 e. The van der Waals surface area contributed by atoms with Crippen LogP contribution in [0.25, 0.3) is 22.0 Å². The van der Waals surface area contributed by atoms with Crippen LogP contribution in [0.15, 0.2) is 66.9 Å². The van der Waals surface area contributed by atoms with Crippen LogP contribution in [0.4, 0.5) is 26.3 Å². The van der Waals surface area contributed by atoms with Crippen LogP contribution in [0.1, 0.15) is 52.4 Å². The van der Waals surface area contributed by atoms with Gasteiger partial charge in [-0.2, -0.15) is 31.4 Å². The molecule has 0 radical (unpaired) electrons. The third-order valence-corrected chi connectivity index (χ3v) is 6.59. The van der Waals surface area contributed by atoms with Crippen LogP contribution >= 0.6 is 0 Å². The predicted octanol–water partition coefficient (Wildman–Crippen LogP) is 7.17. The Labute approximate surface area is 230 Å². The van der Waals surface area contributed by atoms with Gasteiger partial charge in [-0.3, -0.25) is 14.3 Å². The van der Waals surface area contributed by atoms with E-state index in [1.807, 2.05) is 0 Å². The Balaban J connectivity index is 1.63. The van der Waals surface area contributed by atoms with E-state index < -0.39 is 42.3 Å². The Morgan fingerprint density at radius 2 is 1.68 bits per heavy atom. The van der Waals surface area contributed by atoms with Crippen molar-refractivity contribution in [2.45, 2.75) is 44.6 Å². The van der Waals surface area contributed by atoms with Gasteiger partial charge in [-0.15, -0.1) is 0 Å². The van der Waals surface area contributed by atoms with Crippen LogP contribution in [0.2, 0.25) is 0 Å². The lowest BCUT2D eigenvalue weighted by Crippen LogP contribution is -2.26. The summed E-state index contributed by atoms with van der Waals surface area (Å²) in [7, 11) is 0. The molecule has 3 aromatic carbocycles. The van der Waals surface area contributed by atoms with Crippen molar-refractivity contribution in [2.24, 2.45) is 0 Å². The Morgan fingerprint density at radius 1 is 0.976 bits per heavy atom. The zero-order valence-electron chi connectivity index (χ0n) is 21.7. The summed E-state index contributed by atoms with van der Waals surface area (Å²) in [6.07, 6.45) is -8.96. The number of benzene rings is 3. The second kappa shape index (κ2) is 11.6. The number of carboxylic acids is 1. The van der Waals surface area contributed by atoms with Crippen molar-refractivity contribution in [1.82, 2.24) is 15.1 Å². The molecule has 0 aliphatic rings. The molecule has 0 aliphatic carbocycles. The maximum Gasteiger partial charge on any atom is 0.416 e. The molecule has 0 aliphatic heterocycles. The minimum Gasteiger partial charge on any atom is -0.481 e. The van der Waals surface area contributed by atoms with E-state index in [2.05, 4.69) is 10.4 Å². The average Bonchev–Trinajstić information content (AvgIpc) is 3.30. The highest BCUT2D eigenvalue weighted by Crippen LogP contribution is 2.35. The van der Waals surface area contributed by atoms with Gasteiger partial charge in [0.25, 0.3) is 5.91 Å². The third kappa shape index (κ3) is 7.44. The molecule has 0 saturated heterocycles. The fourth-order valence-electron chi connectivity index (χ4n) is 4.53. The van der Waals surface area contributed by atoms with Crippen LogP contribution in [-0.4, -0.2) is 39.5 Å². The van der Waals surface area contributed by atoms with E-state index >= 15 is 0 Å². The first-order valence-electron chi connectivity index (χ1n) is 12.5. The van der Waals surface area contributed by atoms with Gasteiger partial charge >= 0.3 is 18.3 Å².